The first-order valence-electron chi connectivity index (χ1n) is 16.1. The zero-order valence-corrected chi connectivity index (χ0v) is 28.9. The van der Waals surface area contributed by atoms with E-state index in [1.165, 1.54) is 0 Å². The molecular weight excluding hydrogens is 623 g/mol. The molecule has 0 radical (unpaired) electrons. The number of allylic oxidation sites excluding steroid dienone is 4. The lowest BCUT2D eigenvalue weighted by Crippen LogP contribution is -2.25. The van der Waals surface area contributed by atoms with Crippen LogP contribution < -0.4 is 5.32 Å². The molecule has 5 rings (SSSR count). The number of amides is 1. The lowest BCUT2D eigenvalue weighted by molar-refractivity contribution is -0.136. The molecule has 2 aliphatic heterocycles. The lowest BCUT2D eigenvalue weighted by atomic mass is 9.98. The highest BCUT2D eigenvalue weighted by atomic mass is 32.2. The van der Waals surface area contributed by atoms with E-state index in [1.54, 1.807) is 11.8 Å². The molecule has 8 bridgehead atoms. The second kappa shape index (κ2) is 15.0. The number of carboxylic acids is 1. The number of fused-ring (bicyclic) bond motifs is 8. The number of thioether (sulfide) groups is 1. The monoisotopic (exact) mass is 665 g/mol. The number of nitrogens with zero attached hydrogens (tertiary/aromatic N) is 2. The molecule has 0 aromatic carbocycles. The molecule has 9 nitrogen and oxygen atoms in total. The van der Waals surface area contributed by atoms with Crippen LogP contribution in [0.4, 0.5) is 0 Å². The van der Waals surface area contributed by atoms with Crippen LogP contribution in [-0.4, -0.2) is 66.7 Å². The van der Waals surface area contributed by atoms with Gasteiger partial charge in [0.2, 0.25) is 5.91 Å². The summed E-state index contributed by atoms with van der Waals surface area (Å²) < 4.78 is 0. The predicted molar refractivity (Wildman–Crippen MR) is 199 cm³/mol. The zero-order chi connectivity index (χ0) is 34.5. The van der Waals surface area contributed by atoms with E-state index >= 15 is 0 Å². The van der Waals surface area contributed by atoms with Gasteiger partial charge in [-0.05, 0) is 98.2 Å². The number of hydrogen-bond acceptors (Lipinski definition) is 6. The van der Waals surface area contributed by atoms with Gasteiger partial charge in [-0.2, -0.15) is 11.8 Å². The number of carbonyl (C=O) groups is 2. The molecule has 3 aromatic rings. The van der Waals surface area contributed by atoms with Crippen molar-refractivity contribution in [1.29, 1.82) is 0 Å². The Hall–Kier alpha value is -4.67. The highest BCUT2D eigenvalue weighted by Gasteiger charge is 2.23. The molecule has 48 heavy (non-hydrogen) atoms. The molecule has 5 N–H and O–H groups in total. The summed E-state index contributed by atoms with van der Waals surface area (Å²) in [5.41, 5.74) is 14.3. The lowest BCUT2D eigenvalue weighted by Gasteiger charge is -2.07. The summed E-state index contributed by atoms with van der Waals surface area (Å²) in [4.78, 5) is 41.8. The molecule has 250 valence electrons. The third kappa shape index (κ3) is 7.24. The van der Waals surface area contributed by atoms with Crippen LogP contribution in [0.3, 0.4) is 0 Å². The Labute approximate surface area is 285 Å². The number of rotatable bonds is 13. The van der Waals surface area contributed by atoms with E-state index in [4.69, 9.17) is 15.1 Å². The van der Waals surface area contributed by atoms with Crippen molar-refractivity contribution in [2.24, 2.45) is 0 Å². The molecule has 0 atom stereocenters. The van der Waals surface area contributed by atoms with Crippen LogP contribution in [0.15, 0.2) is 37.4 Å². The third-order valence-corrected chi connectivity index (χ3v) is 10.0. The summed E-state index contributed by atoms with van der Waals surface area (Å²) in [7, 11) is 0. The van der Waals surface area contributed by atoms with Crippen LogP contribution in [0.1, 0.15) is 84.6 Å². The van der Waals surface area contributed by atoms with Crippen LogP contribution in [0, 0.1) is 13.8 Å². The number of aryl methyl sites for hydroxylation is 2. The van der Waals surface area contributed by atoms with Crippen LogP contribution in [0.5, 0.6) is 0 Å². The number of aliphatic hydroxyl groups is 1. The van der Waals surface area contributed by atoms with Gasteiger partial charge in [0.15, 0.2) is 0 Å². The molecule has 5 heterocycles. The van der Waals surface area contributed by atoms with E-state index in [0.717, 1.165) is 83.8 Å². The number of aliphatic carboxylic acids is 1. The van der Waals surface area contributed by atoms with Gasteiger partial charge < -0.3 is 25.5 Å². The summed E-state index contributed by atoms with van der Waals surface area (Å²) in [5, 5.41) is 21.5. The standard InChI is InChI=1S/C38H43N5O4S/c1-7-25-21(3)29-17-30-24(6)28(10-12-38(46)47)36(42-30)20-35-27(9-11-37(45)39-13-15-48-16-14-44)23(5)32(43-35)19-34-26(8-2)22(4)31(41-34)18-33(25)40-29/h7-8,17-20,40-41,44H,1-2,9-16H2,3-6H3,(H,39,45)(H,46,47). The van der Waals surface area contributed by atoms with Crippen LogP contribution in [0.25, 0.3) is 56.5 Å². The van der Waals surface area contributed by atoms with Gasteiger partial charge in [0.1, 0.15) is 0 Å². The summed E-state index contributed by atoms with van der Waals surface area (Å²) >= 11 is 1.59. The molecule has 10 heteroatoms. The highest BCUT2D eigenvalue weighted by molar-refractivity contribution is 7.99. The van der Waals surface area contributed by atoms with Crippen LogP contribution in [0.2, 0.25) is 0 Å². The first kappa shape index (κ1) is 34.7. The minimum absolute atomic E-state index is 0.0250. The summed E-state index contributed by atoms with van der Waals surface area (Å²) in [6.45, 7) is 16.9. The van der Waals surface area contributed by atoms with E-state index < -0.39 is 5.97 Å². The van der Waals surface area contributed by atoms with Crippen molar-refractivity contribution in [3.05, 3.63) is 82.5 Å². The molecule has 0 saturated carbocycles. The molecule has 0 unspecified atom stereocenters. The molecule has 1 amide bonds. The molecule has 0 aliphatic carbocycles. The topological polar surface area (TPSA) is 144 Å². The van der Waals surface area contributed by atoms with E-state index in [9.17, 15) is 14.7 Å². The fourth-order valence-corrected chi connectivity index (χ4v) is 6.87. The largest absolute Gasteiger partial charge is 0.481 e. The van der Waals surface area contributed by atoms with Crippen molar-refractivity contribution in [2.75, 3.05) is 24.7 Å². The second-order valence-electron chi connectivity index (χ2n) is 12.0. The van der Waals surface area contributed by atoms with Crippen LogP contribution in [-0.2, 0) is 9.59 Å². The molecule has 0 fully saturated rings. The van der Waals surface area contributed by atoms with E-state index in [-0.39, 0.29) is 25.4 Å². The Bertz CT molecular complexity index is 2030. The number of aromatic nitrogens is 4. The number of hydrogen-bond donors (Lipinski definition) is 5. The van der Waals surface area contributed by atoms with Crippen molar-refractivity contribution in [2.45, 2.75) is 53.4 Å². The van der Waals surface area contributed by atoms with E-state index in [1.807, 2.05) is 51.1 Å². The maximum Gasteiger partial charge on any atom is 0.303 e. The average Bonchev–Trinajstić information content (AvgIpc) is 3.71. The van der Waals surface area contributed by atoms with Gasteiger partial charge in [0, 0.05) is 64.1 Å². The van der Waals surface area contributed by atoms with Gasteiger partial charge in [0.05, 0.1) is 29.4 Å². The number of H-pyrrole nitrogens is 2. The van der Waals surface area contributed by atoms with Crippen LogP contribution >= 0.6 is 11.8 Å². The van der Waals surface area contributed by atoms with Gasteiger partial charge >= 0.3 is 5.97 Å². The van der Waals surface area contributed by atoms with Gasteiger partial charge in [0.25, 0.3) is 0 Å². The van der Waals surface area contributed by atoms with Crippen molar-refractivity contribution in [3.63, 3.8) is 0 Å². The Balaban J connectivity index is 1.73. The minimum Gasteiger partial charge on any atom is -0.481 e. The first-order valence-corrected chi connectivity index (χ1v) is 17.3. The van der Waals surface area contributed by atoms with Gasteiger partial charge in [-0.3, -0.25) is 9.59 Å². The van der Waals surface area contributed by atoms with Gasteiger partial charge in [-0.1, -0.05) is 25.3 Å². The van der Waals surface area contributed by atoms with Crippen molar-refractivity contribution in [3.8, 4) is 0 Å². The maximum absolute atomic E-state index is 12.8. The molecule has 0 saturated heterocycles. The summed E-state index contributed by atoms with van der Waals surface area (Å²) in [5.74, 6) is 0.455. The Morgan fingerprint density at radius 3 is 1.83 bits per heavy atom. The Morgan fingerprint density at radius 1 is 0.771 bits per heavy atom. The number of carbonyl (C=O) groups excluding carboxylic acids is 1. The quantitative estimate of drug-likeness (QED) is 0.119. The molecule has 0 spiro atoms. The van der Waals surface area contributed by atoms with Gasteiger partial charge in [-0.15, -0.1) is 0 Å². The summed E-state index contributed by atoms with van der Waals surface area (Å²) in [6.07, 6.45) is 4.76. The number of aliphatic hydroxyl groups excluding tert-OH is 1. The number of nitrogens with one attached hydrogen (secondary N) is 3. The predicted octanol–water partition coefficient (Wildman–Crippen LogP) is 7.57. The molecular formula is C38H43N5O4S. The Morgan fingerprint density at radius 2 is 1.29 bits per heavy atom. The van der Waals surface area contributed by atoms with Gasteiger partial charge in [-0.25, -0.2) is 9.97 Å². The zero-order valence-electron chi connectivity index (χ0n) is 28.0. The first-order chi connectivity index (χ1) is 23.1. The fraction of sp³-hybridized carbons (Fsp3) is 0.316. The maximum atomic E-state index is 12.8. The van der Waals surface area contributed by atoms with Crippen molar-refractivity contribution >= 4 is 80.1 Å². The van der Waals surface area contributed by atoms with Crippen molar-refractivity contribution < 1.29 is 19.8 Å². The number of carboxylic acid groups (broad SMARTS) is 1. The smallest absolute Gasteiger partial charge is 0.303 e. The molecule has 2 aliphatic rings. The minimum atomic E-state index is -0.874. The average molecular weight is 666 g/mol. The third-order valence-electron chi connectivity index (χ3n) is 9.04. The summed E-state index contributed by atoms with van der Waals surface area (Å²) in [6, 6.07) is 8.05. The van der Waals surface area contributed by atoms with E-state index in [0.29, 0.717) is 36.5 Å². The Kier molecular flexibility index (Phi) is 10.9. The fourth-order valence-electron chi connectivity index (χ4n) is 6.29. The normalized spacial score (nSPS) is 12.9. The van der Waals surface area contributed by atoms with E-state index in [2.05, 4.69) is 41.4 Å². The van der Waals surface area contributed by atoms with Crippen molar-refractivity contribution in [1.82, 2.24) is 25.3 Å². The second-order valence-corrected chi connectivity index (χ2v) is 13.2. The molecule has 3 aromatic heterocycles. The highest BCUT2D eigenvalue weighted by Crippen LogP contribution is 2.38. The number of aromatic amines is 2. The SMILES string of the molecule is C=Cc1c(C)c2cc3[nH]c(cc4nc(cc5nc(cc1[nH]2)C(C)=C5CCC(=O)NCCSCCO)C(CCC(=O)O)=C4C)c(C)c3C=C.